The van der Waals surface area contributed by atoms with Crippen molar-refractivity contribution in [3.8, 4) is 5.75 Å². The van der Waals surface area contributed by atoms with Crippen LogP contribution >= 0.6 is 0 Å². The normalized spacial score (nSPS) is 12.6. The van der Waals surface area contributed by atoms with Crippen LogP contribution in [0.15, 0.2) is 99.7 Å². The molecule has 0 fully saturated rings. The van der Waals surface area contributed by atoms with Crippen molar-refractivity contribution in [3.05, 3.63) is 95.7 Å². The van der Waals surface area contributed by atoms with Crippen LogP contribution in [0.25, 0.3) is 5.76 Å². The summed E-state index contributed by atoms with van der Waals surface area (Å²) in [6, 6.07) is 21.1. The van der Waals surface area contributed by atoms with E-state index in [0.717, 1.165) is 0 Å². The van der Waals surface area contributed by atoms with Crippen LogP contribution in [0.1, 0.15) is 29.8 Å². The number of hydrogen-bond acceptors (Lipinski definition) is 7. The first-order valence-corrected chi connectivity index (χ1v) is 12.5. The summed E-state index contributed by atoms with van der Waals surface area (Å²) in [5.74, 6) is -0.631. The van der Waals surface area contributed by atoms with E-state index < -0.39 is 15.8 Å². The highest BCUT2D eigenvalue weighted by molar-refractivity contribution is 7.89. The van der Waals surface area contributed by atoms with Crippen molar-refractivity contribution in [3.63, 3.8) is 0 Å². The molecule has 0 aliphatic carbocycles. The van der Waals surface area contributed by atoms with Gasteiger partial charge >= 0.3 is 0 Å². The summed E-state index contributed by atoms with van der Waals surface area (Å²) in [4.78, 5) is 13.2. The van der Waals surface area contributed by atoms with Crippen molar-refractivity contribution < 1.29 is 23.1 Å². The van der Waals surface area contributed by atoms with Gasteiger partial charge in [-0.05, 0) is 18.2 Å². The number of rotatable bonds is 10. The minimum Gasteiger partial charge on any atom is -0.505 e. The molecular weight excluding hydrogens is 466 g/mol. The maximum atomic E-state index is 13.2. The second-order valence-electron chi connectivity index (χ2n) is 7.38. The molecule has 3 aromatic carbocycles. The molecule has 0 aromatic heterocycles. The van der Waals surface area contributed by atoms with Gasteiger partial charge in [0, 0.05) is 24.2 Å². The van der Waals surface area contributed by atoms with Gasteiger partial charge in [0.1, 0.15) is 11.4 Å². The van der Waals surface area contributed by atoms with Gasteiger partial charge in [0.15, 0.2) is 11.5 Å². The molecule has 0 amide bonds. The van der Waals surface area contributed by atoms with Crippen LogP contribution in [-0.4, -0.2) is 43.8 Å². The topological polar surface area (TPSA) is 109 Å². The largest absolute Gasteiger partial charge is 0.505 e. The Balaban J connectivity index is 2.13. The zero-order chi connectivity index (χ0) is 25.4. The van der Waals surface area contributed by atoms with Gasteiger partial charge in [-0.3, -0.25) is 4.79 Å². The number of ketones is 1. The maximum Gasteiger partial charge on any atom is 0.243 e. The Morgan fingerprint density at radius 1 is 0.914 bits per heavy atom. The van der Waals surface area contributed by atoms with Crippen molar-refractivity contribution in [1.29, 1.82) is 0 Å². The molecule has 0 saturated carbocycles. The zero-order valence-corrected chi connectivity index (χ0v) is 20.6. The Kier molecular flexibility index (Phi) is 8.51. The number of benzene rings is 3. The molecule has 3 rings (SSSR count). The minimum atomic E-state index is -3.76. The van der Waals surface area contributed by atoms with Crippen LogP contribution in [-0.2, 0) is 10.0 Å². The third kappa shape index (κ3) is 5.82. The molecular formula is C26H27N3O5S. The van der Waals surface area contributed by atoms with E-state index in [9.17, 15) is 18.3 Å². The van der Waals surface area contributed by atoms with Gasteiger partial charge < -0.3 is 9.84 Å². The fraction of sp³-hybridized carbons (Fsp3) is 0.192. The third-order valence-electron chi connectivity index (χ3n) is 5.27. The summed E-state index contributed by atoms with van der Waals surface area (Å²) >= 11 is 0. The third-order valence-corrected chi connectivity index (χ3v) is 7.32. The number of carbonyl (C=O) groups excluding carboxylic acids is 1. The highest BCUT2D eigenvalue weighted by Gasteiger charge is 2.23. The van der Waals surface area contributed by atoms with E-state index >= 15 is 0 Å². The number of allylic oxidation sites excluding steroid dienone is 1. The highest BCUT2D eigenvalue weighted by Crippen LogP contribution is 2.33. The Morgan fingerprint density at radius 2 is 1.49 bits per heavy atom. The standard InChI is InChI=1S/C26H27N3O5S/c1-4-29(5-2)35(32,33)21-16-17-23(34-3)22(18-21)27-28-24(25(30)19-12-8-6-9-13-19)26(31)20-14-10-7-11-15-20/h6-18,30H,4-5H2,1-3H3. The Hall–Kier alpha value is -3.82. The quantitative estimate of drug-likeness (QED) is 0.171. The lowest BCUT2D eigenvalue weighted by atomic mass is 10.1. The monoisotopic (exact) mass is 493 g/mol. The Morgan fingerprint density at radius 3 is 2.03 bits per heavy atom. The molecule has 8 nitrogen and oxygen atoms in total. The molecule has 0 atom stereocenters. The second kappa shape index (κ2) is 11.5. The Labute approximate surface area is 205 Å². The summed E-state index contributed by atoms with van der Waals surface area (Å²) in [5, 5.41) is 19.1. The van der Waals surface area contributed by atoms with Gasteiger partial charge in [0.05, 0.1) is 12.0 Å². The van der Waals surface area contributed by atoms with E-state index in [2.05, 4.69) is 10.2 Å². The van der Waals surface area contributed by atoms with Crippen molar-refractivity contribution in [2.24, 2.45) is 10.2 Å². The summed E-state index contributed by atoms with van der Waals surface area (Å²) in [6.07, 6.45) is 0. The average molecular weight is 494 g/mol. The number of nitrogens with zero attached hydrogens (tertiary/aromatic N) is 3. The number of azo groups is 1. The van der Waals surface area contributed by atoms with Crippen LogP contribution in [0.2, 0.25) is 0 Å². The number of aliphatic hydroxyl groups is 1. The van der Waals surface area contributed by atoms with Crippen LogP contribution in [0.4, 0.5) is 5.69 Å². The van der Waals surface area contributed by atoms with Crippen LogP contribution in [0, 0.1) is 0 Å². The predicted octanol–water partition coefficient (Wildman–Crippen LogP) is 5.62. The molecule has 0 saturated heterocycles. The number of hydrogen-bond donors (Lipinski definition) is 1. The Bertz CT molecular complexity index is 1330. The smallest absolute Gasteiger partial charge is 0.243 e. The summed E-state index contributed by atoms with van der Waals surface area (Å²) in [6.45, 7) is 4.13. The van der Waals surface area contributed by atoms with E-state index in [4.69, 9.17) is 4.74 Å². The molecule has 0 bridgehead atoms. The first kappa shape index (κ1) is 25.8. The van der Waals surface area contributed by atoms with Crippen molar-refractivity contribution in [1.82, 2.24) is 4.31 Å². The van der Waals surface area contributed by atoms with E-state index in [1.165, 1.54) is 29.6 Å². The number of Topliss-reactive ketones (excluding diaryl/α,β-unsaturated/α-hetero) is 1. The molecule has 0 radical (unpaired) electrons. The number of ether oxygens (including phenoxy) is 1. The molecule has 1 N–H and O–H groups in total. The van der Waals surface area contributed by atoms with E-state index in [-0.39, 0.29) is 27.8 Å². The minimum absolute atomic E-state index is 0.0168. The number of carbonyl (C=O) groups is 1. The van der Waals surface area contributed by atoms with Crippen LogP contribution in [0.5, 0.6) is 5.75 Å². The molecule has 0 aliphatic heterocycles. The van der Waals surface area contributed by atoms with Gasteiger partial charge in [-0.2, -0.15) is 4.31 Å². The maximum absolute atomic E-state index is 13.2. The molecule has 3 aromatic rings. The average Bonchev–Trinajstić information content (AvgIpc) is 2.90. The lowest BCUT2D eigenvalue weighted by Crippen LogP contribution is -2.30. The predicted molar refractivity (Wildman–Crippen MR) is 134 cm³/mol. The zero-order valence-electron chi connectivity index (χ0n) is 19.7. The molecule has 0 aliphatic rings. The van der Waals surface area contributed by atoms with Gasteiger partial charge in [-0.1, -0.05) is 74.5 Å². The lowest BCUT2D eigenvalue weighted by molar-refractivity contribution is 0.103. The van der Waals surface area contributed by atoms with Crippen LogP contribution in [0.3, 0.4) is 0 Å². The lowest BCUT2D eigenvalue weighted by Gasteiger charge is -2.18. The van der Waals surface area contributed by atoms with Gasteiger partial charge in [-0.15, -0.1) is 10.2 Å². The SMILES string of the molecule is CCN(CC)S(=O)(=O)c1ccc(OC)c(N=NC(C(=O)c2ccccc2)=C(O)c2ccccc2)c1. The van der Waals surface area contributed by atoms with E-state index in [0.29, 0.717) is 24.2 Å². The van der Waals surface area contributed by atoms with Gasteiger partial charge in [0.2, 0.25) is 15.8 Å². The fourth-order valence-electron chi connectivity index (χ4n) is 3.38. The molecule has 9 heteroatoms. The van der Waals surface area contributed by atoms with Gasteiger partial charge in [-0.25, -0.2) is 8.42 Å². The summed E-state index contributed by atoms with van der Waals surface area (Å²) in [7, 11) is -2.34. The van der Waals surface area contributed by atoms with Crippen molar-refractivity contribution in [2.75, 3.05) is 20.2 Å². The first-order valence-electron chi connectivity index (χ1n) is 11.0. The molecule has 0 heterocycles. The molecule has 35 heavy (non-hydrogen) atoms. The van der Waals surface area contributed by atoms with E-state index in [1.807, 2.05) is 0 Å². The first-order chi connectivity index (χ1) is 16.8. The molecule has 0 spiro atoms. The fourth-order valence-corrected chi connectivity index (χ4v) is 4.86. The second-order valence-corrected chi connectivity index (χ2v) is 9.32. The highest BCUT2D eigenvalue weighted by atomic mass is 32.2. The van der Waals surface area contributed by atoms with Crippen molar-refractivity contribution >= 4 is 27.3 Å². The number of methoxy groups -OCH3 is 1. The molecule has 0 unspecified atom stereocenters. The van der Waals surface area contributed by atoms with Crippen LogP contribution < -0.4 is 4.74 Å². The number of aliphatic hydroxyl groups excluding tert-OH is 1. The number of sulfonamides is 1. The van der Waals surface area contributed by atoms with Crippen molar-refractivity contribution in [2.45, 2.75) is 18.7 Å². The summed E-state index contributed by atoms with van der Waals surface area (Å²) < 4.78 is 32.6. The molecule has 182 valence electrons. The van der Waals surface area contributed by atoms with Gasteiger partial charge in [0.25, 0.3) is 0 Å². The summed E-state index contributed by atoms with van der Waals surface area (Å²) in [5.41, 5.74) is 0.505. The van der Waals surface area contributed by atoms with E-state index in [1.54, 1.807) is 74.5 Å².